The van der Waals surface area contributed by atoms with Crippen LogP contribution in [0, 0.1) is 0 Å². The number of rotatable bonds is 5. The molecule has 0 spiro atoms. The van der Waals surface area contributed by atoms with E-state index in [9.17, 15) is 4.79 Å². The summed E-state index contributed by atoms with van der Waals surface area (Å²) in [5.74, 6) is 0.578. The number of allylic oxidation sites excluding steroid dienone is 1. The van der Waals surface area contributed by atoms with Crippen LogP contribution in [-0.4, -0.2) is 12.9 Å². The molecule has 0 radical (unpaired) electrons. The van der Waals surface area contributed by atoms with E-state index in [0.29, 0.717) is 14.2 Å². The molecule has 0 amide bonds. The Hall–Kier alpha value is -1.49. The number of carbonyl (C=O) groups is 1. The Kier molecular flexibility index (Phi) is 5.06. The minimum Gasteiger partial charge on any atom is -0.497 e. The smallest absolute Gasteiger partial charge is 0.189 e. The Balaban J connectivity index is 1.99. The molecule has 2 aromatic rings. The first-order valence-electron chi connectivity index (χ1n) is 5.66. The highest BCUT2D eigenvalue weighted by Gasteiger charge is 2.11. The summed E-state index contributed by atoms with van der Waals surface area (Å²) in [6.45, 7) is 0. The predicted molar refractivity (Wildman–Crippen MR) is 84.4 cm³/mol. The summed E-state index contributed by atoms with van der Waals surface area (Å²) >= 11 is 12.9. The molecule has 6 heteroatoms. The van der Waals surface area contributed by atoms with E-state index in [0.717, 1.165) is 11.4 Å². The molecule has 0 atom stereocenters. The van der Waals surface area contributed by atoms with Crippen LogP contribution in [-0.2, 0) is 0 Å². The highest BCUT2D eigenvalue weighted by atomic mass is 35.5. The van der Waals surface area contributed by atoms with Gasteiger partial charge >= 0.3 is 0 Å². The van der Waals surface area contributed by atoms with Gasteiger partial charge in [-0.05, 0) is 30.3 Å². The van der Waals surface area contributed by atoms with Crippen molar-refractivity contribution < 1.29 is 9.53 Å². The van der Waals surface area contributed by atoms with E-state index in [2.05, 4.69) is 5.32 Å². The molecule has 0 saturated heterocycles. The van der Waals surface area contributed by atoms with Crippen LogP contribution >= 0.6 is 34.5 Å². The van der Waals surface area contributed by atoms with Gasteiger partial charge in [-0.1, -0.05) is 23.2 Å². The maximum atomic E-state index is 11.9. The van der Waals surface area contributed by atoms with Crippen molar-refractivity contribution in [2.24, 2.45) is 0 Å². The van der Waals surface area contributed by atoms with E-state index >= 15 is 0 Å². The minimum atomic E-state index is -0.195. The summed E-state index contributed by atoms with van der Waals surface area (Å²) in [6.07, 6.45) is 2.97. The molecule has 0 aliphatic heterocycles. The van der Waals surface area contributed by atoms with Crippen LogP contribution in [0.3, 0.4) is 0 Å². The third kappa shape index (κ3) is 3.76. The lowest BCUT2D eigenvalue weighted by Gasteiger charge is -2.02. The van der Waals surface area contributed by atoms with E-state index in [1.54, 1.807) is 19.4 Å². The molecule has 0 unspecified atom stereocenters. The van der Waals surface area contributed by atoms with Gasteiger partial charge in [0.05, 0.1) is 17.0 Å². The first-order valence-corrected chi connectivity index (χ1v) is 7.23. The number of anilines is 1. The molecule has 0 saturated carbocycles. The van der Waals surface area contributed by atoms with Crippen LogP contribution in [0.2, 0.25) is 8.67 Å². The molecule has 104 valence electrons. The van der Waals surface area contributed by atoms with Crippen LogP contribution in [0.15, 0.2) is 42.6 Å². The van der Waals surface area contributed by atoms with Crippen LogP contribution in [0.1, 0.15) is 10.4 Å². The van der Waals surface area contributed by atoms with Crippen LogP contribution in [0.5, 0.6) is 5.75 Å². The fourth-order valence-corrected chi connectivity index (χ4v) is 2.97. The van der Waals surface area contributed by atoms with Crippen molar-refractivity contribution in [3.8, 4) is 5.75 Å². The standard InChI is InChI=1S/C14H11Cl2NO2S/c1-19-10-4-2-9(3-5-10)17-7-6-12(18)11-8-13(15)20-14(11)16/h2-8,17H,1H3. The SMILES string of the molecule is COc1ccc(NC=CC(=O)c2cc(Cl)sc2Cl)cc1. The molecule has 0 fully saturated rings. The van der Waals surface area contributed by atoms with Gasteiger partial charge < -0.3 is 10.1 Å². The second kappa shape index (κ2) is 6.79. The molecule has 1 aromatic heterocycles. The van der Waals surface area contributed by atoms with E-state index < -0.39 is 0 Å². The van der Waals surface area contributed by atoms with Crippen LogP contribution in [0.25, 0.3) is 0 Å². The number of ether oxygens (including phenoxy) is 1. The highest BCUT2D eigenvalue weighted by molar-refractivity contribution is 7.20. The number of thiophene rings is 1. The number of halogens is 2. The van der Waals surface area contributed by atoms with E-state index in [1.807, 2.05) is 24.3 Å². The average Bonchev–Trinajstić information content (AvgIpc) is 2.78. The molecule has 0 aliphatic rings. The number of hydrogen-bond donors (Lipinski definition) is 1. The molecule has 0 aliphatic carbocycles. The lowest BCUT2D eigenvalue weighted by Crippen LogP contribution is -1.95. The van der Waals surface area contributed by atoms with Crippen molar-refractivity contribution in [1.82, 2.24) is 0 Å². The first kappa shape index (κ1) is 14.9. The summed E-state index contributed by atoms with van der Waals surface area (Å²) < 4.78 is 5.95. The molecular weight excluding hydrogens is 317 g/mol. The zero-order chi connectivity index (χ0) is 14.5. The molecule has 0 bridgehead atoms. The maximum absolute atomic E-state index is 11.9. The van der Waals surface area contributed by atoms with Crippen molar-refractivity contribution in [3.63, 3.8) is 0 Å². The molecule has 1 aromatic carbocycles. The van der Waals surface area contributed by atoms with Gasteiger partial charge in [0.15, 0.2) is 5.78 Å². The van der Waals surface area contributed by atoms with Crippen molar-refractivity contribution >= 4 is 46.0 Å². The Bertz CT molecular complexity index is 635. The lowest BCUT2D eigenvalue weighted by atomic mass is 10.2. The quantitative estimate of drug-likeness (QED) is 0.628. The Labute approximate surface area is 130 Å². The fraction of sp³-hybridized carbons (Fsp3) is 0.0714. The number of ketones is 1. The number of nitrogens with one attached hydrogen (secondary N) is 1. The van der Waals surface area contributed by atoms with Gasteiger partial charge in [0.1, 0.15) is 10.1 Å². The van der Waals surface area contributed by atoms with Gasteiger partial charge in [-0.3, -0.25) is 4.79 Å². The van der Waals surface area contributed by atoms with Gasteiger partial charge in [-0.15, -0.1) is 11.3 Å². The number of hydrogen-bond acceptors (Lipinski definition) is 4. The third-order valence-electron chi connectivity index (χ3n) is 2.50. The summed E-state index contributed by atoms with van der Waals surface area (Å²) in [5.41, 5.74) is 1.26. The van der Waals surface area contributed by atoms with E-state index in [-0.39, 0.29) is 5.78 Å². The second-order valence-electron chi connectivity index (χ2n) is 3.81. The van der Waals surface area contributed by atoms with Crippen LogP contribution in [0.4, 0.5) is 5.69 Å². The van der Waals surface area contributed by atoms with Crippen molar-refractivity contribution in [1.29, 1.82) is 0 Å². The topological polar surface area (TPSA) is 38.3 Å². The molecule has 20 heavy (non-hydrogen) atoms. The first-order chi connectivity index (χ1) is 9.60. The predicted octanol–water partition coefficient (Wildman–Crippen LogP) is 4.87. The van der Waals surface area contributed by atoms with Gasteiger partial charge in [0.25, 0.3) is 0 Å². The van der Waals surface area contributed by atoms with Gasteiger partial charge in [0, 0.05) is 18.0 Å². The van der Waals surface area contributed by atoms with Crippen molar-refractivity contribution in [3.05, 3.63) is 56.8 Å². The highest BCUT2D eigenvalue weighted by Crippen LogP contribution is 2.31. The molecule has 3 nitrogen and oxygen atoms in total. The zero-order valence-electron chi connectivity index (χ0n) is 10.5. The van der Waals surface area contributed by atoms with Gasteiger partial charge in [-0.25, -0.2) is 0 Å². The Morgan fingerprint density at radius 1 is 1.30 bits per heavy atom. The summed E-state index contributed by atoms with van der Waals surface area (Å²) in [6, 6.07) is 8.92. The van der Waals surface area contributed by atoms with E-state index in [4.69, 9.17) is 27.9 Å². The Morgan fingerprint density at radius 3 is 2.55 bits per heavy atom. The second-order valence-corrected chi connectivity index (χ2v) is 6.09. The van der Waals surface area contributed by atoms with E-state index in [1.165, 1.54) is 17.4 Å². The van der Waals surface area contributed by atoms with Gasteiger partial charge in [0.2, 0.25) is 0 Å². The third-order valence-corrected chi connectivity index (χ3v) is 3.98. The Morgan fingerprint density at radius 2 is 2.00 bits per heavy atom. The molecular formula is C14H11Cl2NO2S. The fourth-order valence-electron chi connectivity index (χ4n) is 1.50. The molecule has 1 N–H and O–H groups in total. The minimum absolute atomic E-state index is 0.195. The molecule has 1 heterocycles. The monoisotopic (exact) mass is 327 g/mol. The largest absolute Gasteiger partial charge is 0.497 e. The normalized spacial score (nSPS) is 10.8. The number of methoxy groups -OCH3 is 1. The zero-order valence-corrected chi connectivity index (χ0v) is 12.9. The van der Waals surface area contributed by atoms with Crippen molar-refractivity contribution in [2.75, 3.05) is 12.4 Å². The van der Waals surface area contributed by atoms with Crippen molar-refractivity contribution in [2.45, 2.75) is 0 Å². The van der Waals surface area contributed by atoms with Gasteiger partial charge in [-0.2, -0.15) is 0 Å². The summed E-state index contributed by atoms with van der Waals surface area (Å²) in [4.78, 5) is 11.9. The van der Waals surface area contributed by atoms with Crippen LogP contribution < -0.4 is 10.1 Å². The maximum Gasteiger partial charge on any atom is 0.189 e. The summed E-state index contributed by atoms with van der Waals surface area (Å²) in [5, 5.41) is 2.99. The molecule has 2 rings (SSSR count). The average molecular weight is 328 g/mol. The summed E-state index contributed by atoms with van der Waals surface area (Å²) in [7, 11) is 1.61. The lowest BCUT2D eigenvalue weighted by molar-refractivity contribution is 0.104. The number of carbonyl (C=O) groups excluding carboxylic acids is 1. The number of benzene rings is 1.